The van der Waals surface area contributed by atoms with Crippen molar-refractivity contribution in [3.8, 4) is 11.3 Å². The number of nitrogens with one attached hydrogen (secondary N) is 2. The molecule has 140 valence electrons. The lowest BCUT2D eigenvalue weighted by Crippen LogP contribution is -2.41. The van der Waals surface area contributed by atoms with Crippen LogP contribution in [0, 0.1) is 6.92 Å². The Hall–Kier alpha value is -2.86. The molecule has 0 unspecified atom stereocenters. The second kappa shape index (κ2) is 8.68. The average molecular weight is 382 g/mol. The van der Waals surface area contributed by atoms with Gasteiger partial charge in [-0.1, -0.05) is 37.3 Å². The largest absolute Gasteiger partial charge is 0.461 e. The normalized spacial score (nSPS) is 10.6. The maximum atomic E-state index is 12.1. The van der Waals surface area contributed by atoms with Crippen LogP contribution in [0.25, 0.3) is 11.3 Å². The van der Waals surface area contributed by atoms with Gasteiger partial charge in [0.2, 0.25) is 5.91 Å². The van der Waals surface area contributed by atoms with E-state index in [1.54, 1.807) is 0 Å². The molecule has 0 fully saturated rings. The number of carbonyl (C=O) groups excluding carboxylic acids is 2. The van der Waals surface area contributed by atoms with Crippen molar-refractivity contribution in [1.29, 1.82) is 0 Å². The van der Waals surface area contributed by atoms with E-state index in [1.165, 1.54) is 16.2 Å². The summed E-state index contributed by atoms with van der Waals surface area (Å²) in [4.78, 5) is 25.9. The summed E-state index contributed by atoms with van der Waals surface area (Å²) in [5.41, 5.74) is 7.04. The summed E-state index contributed by atoms with van der Waals surface area (Å²) < 4.78 is 5.78. The summed E-state index contributed by atoms with van der Waals surface area (Å²) in [6.07, 6.45) is 1.59. The smallest absolute Gasteiger partial charge is 0.279 e. The van der Waals surface area contributed by atoms with Crippen molar-refractivity contribution in [3.05, 3.63) is 69.6 Å². The van der Waals surface area contributed by atoms with Crippen LogP contribution in [0.15, 0.2) is 52.9 Å². The number of rotatable bonds is 6. The Bertz CT molecular complexity index is 928. The van der Waals surface area contributed by atoms with Crippen LogP contribution in [0.5, 0.6) is 0 Å². The van der Waals surface area contributed by atoms with E-state index in [9.17, 15) is 9.59 Å². The summed E-state index contributed by atoms with van der Waals surface area (Å²) in [5.74, 6) is 0.960. The van der Waals surface area contributed by atoms with Crippen molar-refractivity contribution in [2.24, 2.45) is 0 Å². The fourth-order valence-electron chi connectivity index (χ4n) is 2.74. The molecule has 2 aromatic heterocycles. The topological polar surface area (TPSA) is 71.3 Å². The van der Waals surface area contributed by atoms with Crippen molar-refractivity contribution < 1.29 is 14.0 Å². The van der Waals surface area contributed by atoms with Crippen LogP contribution in [-0.4, -0.2) is 11.8 Å². The van der Waals surface area contributed by atoms with E-state index in [1.807, 2.05) is 55.5 Å². The Kier molecular flexibility index (Phi) is 6.08. The minimum atomic E-state index is -0.291. The first-order chi connectivity index (χ1) is 13.1. The highest BCUT2D eigenvalue weighted by molar-refractivity contribution is 7.14. The first kappa shape index (κ1) is 18.9. The van der Waals surface area contributed by atoms with E-state index in [0.717, 1.165) is 29.1 Å². The minimum absolute atomic E-state index is 0.228. The van der Waals surface area contributed by atoms with Gasteiger partial charge >= 0.3 is 0 Å². The Labute approximate surface area is 162 Å². The molecule has 0 spiro atoms. The fraction of sp³-hybridized carbons (Fsp3) is 0.238. The Morgan fingerprint density at radius 1 is 1.07 bits per heavy atom. The molecule has 5 nitrogen and oxygen atoms in total. The van der Waals surface area contributed by atoms with Crippen molar-refractivity contribution in [1.82, 2.24) is 10.9 Å². The second-order valence-corrected chi connectivity index (χ2v) is 7.34. The molecule has 2 heterocycles. The third kappa shape index (κ3) is 4.86. The van der Waals surface area contributed by atoms with E-state index in [-0.39, 0.29) is 18.2 Å². The van der Waals surface area contributed by atoms with Crippen LogP contribution in [0.2, 0.25) is 0 Å². The number of amides is 2. The maximum Gasteiger partial charge on any atom is 0.279 e. The van der Waals surface area contributed by atoms with Crippen molar-refractivity contribution in [3.63, 3.8) is 0 Å². The second-order valence-electron chi connectivity index (χ2n) is 6.20. The number of thiophene rings is 1. The fourth-order valence-corrected chi connectivity index (χ4v) is 3.75. The molecule has 0 atom stereocenters. The highest BCUT2D eigenvalue weighted by Crippen LogP contribution is 2.23. The van der Waals surface area contributed by atoms with Gasteiger partial charge in [-0.3, -0.25) is 20.4 Å². The molecular formula is C21H22N2O3S. The first-order valence-electron chi connectivity index (χ1n) is 8.89. The molecule has 0 radical (unpaired) electrons. The van der Waals surface area contributed by atoms with Crippen LogP contribution in [0.3, 0.4) is 0 Å². The van der Waals surface area contributed by atoms with E-state index >= 15 is 0 Å². The Balaban J connectivity index is 1.47. The van der Waals surface area contributed by atoms with Crippen molar-refractivity contribution in [2.45, 2.75) is 33.1 Å². The Morgan fingerprint density at radius 3 is 2.56 bits per heavy atom. The number of benzene rings is 1. The average Bonchev–Trinajstić information content (AvgIpc) is 3.31. The lowest BCUT2D eigenvalue weighted by Gasteiger charge is -2.05. The van der Waals surface area contributed by atoms with Gasteiger partial charge in [-0.25, -0.2) is 0 Å². The lowest BCUT2D eigenvalue weighted by molar-refractivity contribution is -0.121. The van der Waals surface area contributed by atoms with Crippen LogP contribution in [-0.2, 0) is 17.6 Å². The molecule has 0 saturated carbocycles. The van der Waals surface area contributed by atoms with Gasteiger partial charge < -0.3 is 4.42 Å². The number of aryl methyl sites for hydroxylation is 3. The summed E-state index contributed by atoms with van der Waals surface area (Å²) in [5, 5.41) is 0. The first-order valence-corrected chi connectivity index (χ1v) is 9.71. The van der Waals surface area contributed by atoms with E-state index in [0.29, 0.717) is 11.3 Å². The predicted octanol–water partition coefficient (Wildman–Crippen LogP) is 4.27. The quantitative estimate of drug-likeness (QED) is 0.625. The molecule has 3 rings (SSSR count). The maximum absolute atomic E-state index is 12.1. The number of furan rings is 1. The van der Waals surface area contributed by atoms with Gasteiger partial charge in [0.25, 0.3) is 5.91 Å². The monoisotopic (exact) mass is 382 g/mol. The van der Waals surface area contributed by atoms with Gasteiger partial charge in [0.1, 0.15) is 11.5 Å². The molecule has 0 aliphatic heterocycles. The predicted molar refractivity (Wildman–Crippen MR) is 107 cm³/mol. The molecule has 1 aromatic carbocycles. The van der Waals surface area contributed by atoms with Gasteiger partial charge in [0.05, 0.1) is 4.88 Å². The number of hydrazine groups is 1. The highest BCUT2D eigenvalue weighted by atomic mass is 32.1. The molecule has 0 aliphatic carbocycles. The van der Waals surface area contributed by atoms with Gasteiger partial charge in [0.15, 0.2) is 0 Å². The van der Waals surface area contributed by atoms with Gasteiger partial charge in [0, 0.05) is 23.3 Å². The number of hydrogen-bond donors (Lipinski definition) is 2. The SMILES string of the molecule is CCc1sc(C(=O)NNC(=O)CCc2ccc(-c3ccccc3)o2)cc1C. The molecule has 0 saturated heterocycles. The van der Waals surface area contributed by atoms with Crippen LogP contribution < -0.4 is 10.9 Å². The summed E-state index contributed by atoms with van der Waals surface area (Å²) in [6.45, 7) is 4.04. The Morgan fingerprint density at radius 2 is 1.85 bits per heavy atom. The standard InChI is InChI=1S/C21H22N2O3S/c1-3-18-14(2)13-19(27-18)21(25)23-22-20(24)12-10-16-9-11-17(26-16)15-7-5-4-6-8-15/h4-9,11,13H,3,10,12H2,1-2H3,(H,22,24)(H,23,25). The number of carbonyl (C=O) groups is 2. The summed E-state index contributed by atoms with van der Waals surface area (Å²) in [6, 6.07) is 15.4. The van der Waals surface area contributed by atoms with Crippen molar-refractivity contribution in [2.75, 3.05) is 0 Å². The third-order valence-electron chi connectivity index (χ3n) is 4.20. The molecule has 27 heavy (non-hydrogen) atoms. The van der Waals surface area contributed by atoms with Gasteiger partial charge in [-0.2, -0.15) is 0 Å². The third-order valence-corrected chi connectivity index (χ3v) is 5.58. The zero-order valence-corrected chi connectivity index (χ0v) is 16.2. The molecule has 3 aromatic rings. The van der Waals surface area contributed by atoms with Crippen LogP contribution >= 0.6 is 11.3 Å². The molecule has 0 bridgehead atoms. The van der Waals surface area contributed by atoms with E-state index in [2.05, 4.69) is 17.8 Å². The van der Waals surface area contributed by atoms with Gasteiger partial charge in [-0.15, -0.1) is 11.3 Å². The molecular weight excluding hydrogens is 360 g/mol. The van der Waals surface area contributed by atoms with E-state index < -0.39 is 0 Å². The van der Waals surface area contributed by atoms with Crippen LogP contribution in [0.4, 0.5) is 0 Å². The van der Waals surface area contributed by atoms with Crippen molar-refractivity contribution >= 4 is 23.2 Å². The lowest BCUT2D eigenvalue weighted by atomic mass is 10.2. The molecule has 0 aliphatic rings. The van der Waals surface area contributed by atoms with Crippen LogP contribution in [0.1, 0.15) is 39.2 Å². The molecule has 2 amide bonds. The molecule has 2 N–H and O–H groups in total. The summed E-state index contributed by atoms with van der Waals surface area (Å²) >= 11 is 1.45. The highest BCUT2D eigenvalue weighted by Gasteiger charge is 2.13. The van der Waals surface area contributed by atoms with E-state index in [4.69, 9.17) is 4.42 Å². The summed E-state index contributed by atoms with van der Waals surface area (Å²) in [7, 11) is 0. The van der Waals surface area contributed by atoms with Gasteiger partial charge in [-0.05, 0) is 37.1 Å². The zero-order valence-electron chi connectivity index (χ0n) is 15.4. The minimum Gasteiger partial charge on any atom is -0.461 e. The zero-order chi connectivity index (χ0) is 19.2. The molecule has 6 heteroatoms. The number of hydrogen-bond acceptors (Lipinski definition) is 4.